The molecule has 1 saturated carbocycles. The topological polar surface area (TPSA) is 66.4 Å². The lowest BCUT2D eigenvalue weighted by Crippen LogP contribution is -2.55. The number of nitriles is 1. The van der Waals surface area contributed by atoms with Crippen LogP contribution in [0.5, 0.6) is 0 Å². The van der Waals surface area contributed by atoms with E-state index in [1.807, 2.05) is 12.3 Å². The van der Waals surface area contributed by atoms with Gasteiger partial charge in [-0.15, -0.1) is 0 Å². The number of aryl methyl sites for hydroxylation is 1. The number of benzene rings is 2. The Kier molecular flexibility index (Phi) is 6.41. The molecule has 0 spiro atoms. The van der Waals surface area contributed by atoms with E-state index in [9.17, 15) is 10.1 Å². The van der Waals surface area contributed by atoms with Crippen LogP contribution in [0, 0.1) is 17.2 Å². The minimum absolute atomic E-state index is 0.181. The van der Waals surface area contributed by atoms with Crippen molar-refractivity contribution in [3.63, 3.8) is 0 Å². The summed E-state index contributed by atoms with van der Waals surface area (Å²) in [6, 6.07) is 17.3. The van der Waals surface area contributed by atoms with Crippen LogP contribution in [0.3, 0.4) is 0 Å². The van der Waals surface area contributed by atoms with Crippen LogP contribution in [0.1, 0.15) is 49.7 Å². The molecule has 1 N–H and O–H groups in total. The number of carbonyl (C=O) groups excluding carboxylic acids is 1. The SMILES string of the molecule is N#Cc1c[nH]c2cccc(N3CCN(CC4CCc5ccccc5N4C(=O)C4CCCCC4)CC3)c12. The number of rotatable bonds is 4. The number of carbonyl (C=O) groups is 1. The van der Waals surface area contributed by atoms with Crippen molar-refractivity contribution in [2.45, 2.75) is 51.0 Å². The van der Waals surface area contributed by atoms with E-state index < -0.39 is 0 Å². The van der Waals surface area contributed by atoms with Gasteiger partial charge in [-0.3, -0.25) is 9.69 Å². The summed E-state index contributed by atoms with van der Waals surface area (Å²) in [5, 5.41) is 10.6. The molecule has 3 aliphatic rings. The summed E-state index contributed by atoms with van der Waals surface area (Å²) in [6.45, 7) is 4.71. The number of hydrogen-bond acceptors (Lipinski definition) is 4. The Morgan fingerprint density at radius 2 is 1.72 bits per heavy atom. The molecule has 6 nitrogen and oxygen atoms in total. The van der Waals surface area contributed by atoms with E-state index in [0.29, 0.717) is 11.5 Å². The number of nitrogens with one attached hydrogen (secondary N) is 1. The summed E-state index contributed by atoms with van der Waals surface area (Å²) < 4.78 is 0. The first kappa shape index (κ1) is 23.1. The Bertz CT molecular complexity index is 1280. The summed E-state index contributed by atoms with van der Waals surface area (Å²) in [6.07, 6.45) is 9.59. The van der Waals surface area contributed by atoms with Crippen molar-refractivity contribution in [1.29, 1.82) is 5.26 Å². The smallest absolute Gasteiger partial charge is 0.230 e. The Morgan fingerprint density at radius 3 is 2.53 bits per heavy atom. The minimum atomic E-state index is 0.181. The second-order valence-corrected chi connectivity index (χ2v) is 10.7. The van der Waals surface area contributed by atoms with Crippen molar-refractivity contribution in [2.75, 3.05) is 42.5 Å². The van der Waals surface area contributed by atoms with Gasteiger partial charge in [-0.25, -0.2) is 0 Å². The van der Waals surface area contributed by atoms with Crippen LogP contribution in [-0.2, 0) is 11.2 Å². The third-order valence-electron chi connectivity index (χ3n) is 8.54. The zero-order valence-electron chi connectivity index (χ0n) is 21.0. The molecule has 36 heavy (non-hydrogen) atoms. The van der Waals surface area contributed by atoms with E-state index in [1.165, 1.54) is 24.8 Å². The van der Waals surface area contributed by atoms with E-state index in [4.69, 9.17) is 0 Å². The maximum atomic E-state index is 13.8. The first-order valence-corrected chi connectivity index (χ1v) is 13.6. The van der Waals surface area contributed by atoms with Gasteiger partial charge < -0.3 is 14.8 Å². The zero-order valence-corrected chi connectivity index (χ0v) is 21.0. The molecule has 2 aromatic carbocycles. The van der Waals surface area contributed by atoms with Gasteiger partial charge in [0.15, 0.2) is 0 Å². The number of piperazine rings is 1. The Labute approximate surface area is 213 Å². The number of aromatic amines is 1. The van der Waals surface area contributed by atoms with Gasteiger partial charge in [0, 0.05) is 73.2 Å². The third-order valence-corrected chi connectivity index (χ3v) is 8.54. The Hall–Kier alpha value is -3.30. The van der Waals surface area contributed by atoms with Crippen molar-refractivity contribution in [3.05, 3.63) is 59.8 Å². The minimum Gasteiger partial charge on any atom is -0.368 e. The van der Waals surface area contributed by atoms with E-state index in [1.54, 1.807) is 0 Å². The fourth-order valence-corrected chi connectivity index (χ4v) is 6.61. The van der Waals surface area contributed by atoms with E-state index in [-0.39, 0.29) is 12.0 Å². The summed E-state index contributed by atoms with van der Waals surface area (Å²) in [4.78, 5) is 24.2. The molecule has 6 heteroatoms. The van der Waals surface area contributed by atoms with Crippen molar-refractivity contribution in [1.82, 2.24) is 9.88 Å². The number of para-hydroxylation sites is 1. The zero-order chi connectivity index (χ0) is 24.5. The lowest BCUT2D eigenvalue weighted by atomic mass is 9.86. The van der Waals surface area contributed by atoms with Crippen molar-refractivity contribution in [3.8, 4) is 6.07 Å². The Morgan fingerprint density at radius 1 is 0.944 bits per heavy atom. The molecule has 1 aromatic heterocycles. The lowest BCUT2D eigenvalue weighted by Gasteiger charge is -2.44. The summed E-state index contributed by atoms with van der Waals surface area (Å²) in [5.74, 6) is 0.536. The highest BCUT2D eigenvalue weighted by atomic mass is 16.2. The molecule has 1 amide bonds. The average Bonchev–Trinajstić information content (AvgIpc) is 3.37. The standard InChI is InChI=1S/C30H35N5O/c31-19-24-20-32-26-10-6-12-28(29(24)26)34-17-15-33(16-18-34)21-25-14-13-22-7-4-5-11-27(22)35(25)30(36)23-8-2-1-3-9-23/h4-7,10-12,20,23,25,32H,1-3,8-9,13-18,21H2. The first-order valence-electron chi connectivity index (χ1n) is 13.6. The number of fused-ring (bicyclic) bond motifs is 2. The fraction of sp³-hybridized carbons (Fsp3) is 0.467. The largest absolute Gasteiger partial charge is 0.368 e. The highest BCUT2D eigenvalue weighted by Gasteiger charge is 2.36. The molecule has 1 atom stereocenters. The van der Waals surface area contributed by atoms with E-state index >= 15 is 0 Å². The molecule has 186 valence electrons. The molecule has 1 unspecified atom stereocenters. The van der Waals surface area contributed by atoms with Crippen LogP contribution in [-0.4, -0.2) is 54.6 Å². The van der Waals surface area contributed by atoms with Gasteiger partial charge in [-0.1, -0.05) is 43.5 Å². The van der Waals surface area contributed by atoms with Gasteiger partial charge in [0.2, 0.25) is 5.91 Å². The molecule has 1 saturated heterocycles. The molecule has 0 bridgehead atoms. The summed E-state index contributed by atoms with van der Waals surface area (Å²) >= 11 is 0. The first-order chi connectivity index (χ1) is 17.7. The van der Waals surface area contributed by atoms with Gasteiger partial charge in [0.25, 0.3) is 0 Å². The van der Waals surface area contributed by atoms with Gasteiger partial charge in [0.1, 0.15) is 6.07 Å². The number of anilines is 2. The molecule has 1 aliphatic carbocycles. The molecular formula is C30H35N5O. The van der Waals surface area contributed by atoms with Crippen LogP contribution >= 0.6 is 0 Å². The quantitative estimate of drug-likeness (QED) is 0.564. The van der Waals surface area contributed by atoms with Crippen LogP contribution in [0.25, 0.3) is 10.9 Å². The average molecular weight is 482 g/mol. The molecule has 6 rings (SSSR count). The number of nitrogens with zero attached hydrogens (tertiary/aromatic N) is 4. The van der Waals surface area contributed by atoms with Crippen LogP contribution in [0.15, 0.2) is 48.7 Å². The highest BCUT2D eigenvalue weighted by molar-refractivity contribution is 5.98. The van der Waals surface area contributed by atoms with Gasteiger partial charge in [-0.2, -0.15) is 5.26 Å². The normalized spacial score (nSPS) is 21.4. The van der Waals surface area contributed by atoms with Crippen molar-refractivity contribution in [2.24, 2.45) is 5.92 Å². The number of aromatic nitrogens is 1. The number of hydrogen-bond donors (Lipinski definition) is 1. The fourth-order valence-electron chi connectivity index (χ4n) is 6.61. The third kappa shape index (κ3) is 4.26. The monoisotopic (exact) mass is 481 g/mol. The van der Waals surface area contributed by atoms with Crippen LogP contribution in [0.4, 0.5) is 11.4 Å². The molecule has 2 fully saturated rings. The maximum absolute atomic E-state index is 13.8. The van der Waals surface area contributed by atoms with E-state index in [2.05, 4.69) is 62.2 Å². The van der Waals surface area contributed by atoms with Gasteiger partial charge in [0.05, 0.1) is 5.56 Å². The molecule has 0 radical (unpaired) electrons. The van der Waals surface area contributed by atoms with Gasteiger partial charge in [-0.05, 0) is 49.4 Å². The van der Waals surface area contributed by atoms with Crippen LogP contribution < -0.4 is 9.80 Å². The second-order valence-electron chi connectivity index (χ2n) is 10.7. The van der Waals surface area contributed by atoms with Crippen molar-refractivity contribution < 1.29 is 4.79 Å². The predicted octanol–water partition coefficient (Wildman–Crippen LogP) is 5.09. The van der Waals surface area contributed by atoms with Crippen molar-refractivity contribution >= 4 is 28.2 Å². The predicted molar refractivity (Wildman–Crippen MR) is 144 cm³/mol. The highest BCUT2D eigenvalue weighted by Crippen LogP contribution is 2.36. The maximum Gasteiger partial charge on any atom is 0.230 e. The molecular weight excluding hydrogens is 446 g/mol. The Balaban J connectivity index is 1.18. The molecule has 3 heterocycles. The molecule has 3 aromatic rings. The second kappa shape index (κ2) is 9.99. The molecule has 2 aliphatic heterocycles. The summed E-state index contributed by atoms with van der Waals surface area (Å²) in [5.41, 5.74) is 5.33. The number of amides is 1. The lowest BCUT2D eigenvalue weighted by molar-refractivity contribution is -0.124. The van der Waals surface area contributed by atoms with Crippen LogP contribution in [0.2, 0.25) is 0 Å². The van der Waals surface area contributed by atoms with E-state index in [0.717, 1.165) is 80.7 Å². The number of H-pyrrole nitrogens is 1. The van der Waals surface area contributed by atoms with Gasteiger partial charge >= 0.3 is 0 Å². The summed E-state index contributed by atoms with van der Waals surface area (Å²) in [7, 11) is 0.